The molecule has 6 heteroatoms. The smallest absolute Gasteiger partial charge is 0.269 e. The van der Waals surface area contributed by atoms with Crippen molar-refractivity contribution in [2.75, 3.05) is 33.2 Å². The lowest BCUT2D eigenvalue weighted by atomic mass is 9.94. The number of piperazine rings is 1. The summed E-state index contributed by atoms with van der Waals surface area (Å²) >= 11 is 0. The monoisotopic (exact) mass is 340 g/mol. The van der Waals surface area contributed by atoms with Crippen molar-refractivity contribution in [3.63, 3.8) is 0 Å². The van der Waals surface area contributed by atoms with Crippen LogP contribution in [0.4, 0.5) is 0 Å². The second kappa shape index (κ2) is 8.54. The van der Waals surface area contributed by atoms with Crippen molar-refractivity contribution in [1.29, 1.82) is 5.26 Å². The van der Waals surface area contributed by atoms with Crippen LogP contribution >= 0.6 is 0 Å². The van der Waals surface area contributed by atoms with Crippen LogP contribution in [0.15, 0.2) is 29.3 Å². The highest BCUT2D eigenvalue weighted by Gasteiger charge is 2.28. The predicted octanol–water partition coefficient (Wildman–Crippen LogP) is 1.81. The van der Waals surface area contributed by atoms with E-state index in [0.717, 1.165) is 18.7 Å². The number of aliphatic imine (C=N–C) groups is 1. The van der Waals surface area contributed by atoms with Gasteiger partial charge >= 0.3 is 0 Å². The van der Waals surface area contributed by atoms with E-state index < -0.39 is 0 Å². The number of carbonyl (C=O) groups excluding carboxylic acids is 2. The van der Waals surface area contributed by atoms with Gasteiger partial charge in [-0.1, -0.05) is 26.0 Å². The van der Waals surface area contributed by atoms with E-state index in [1.165, 1.54) is 0 Å². The number of carbonyl (C=O) groups is 2. The maximum atomic E-state index is 13.0. The molecule has 2 rings (SSSR count). The summed E-state index contributed by atoms with van der Waals surface area (Å²) in [7, 11) is 2.02. The average Bonchev–Trinajstić information content (AvgIpc) is 2.65. The van der Waals surface area contributed by atoms with E-state index in [1.807, 2.05) is 26.1 Å². The Morgan fingerprint density at radius 2 is 1.80 bits per heavy atom. The molecule has 25 heavy (non-hydrogen) atoms. The molecule has 1 aliphatic heterocycles. The van der Waals surface area contributed by atoms with E-state index in [9.17, 15) is 9.59 Å². The standard InChI is InChI=1S/C19H24N4O2/c1-4-17(24)21-18(19(25)23-11-9-22(3)10-12-23)14(2)16-7-5-15(13-20)6-8-16/h5-8,14H,4,9-12H2,1-3H3. The van der Waals surface area contributed by atoms with Crippen molar-refractivity contribution in [3.05, 3.63) is 35.4 Å². The van der Waals surface area contributed by atoms with Crippen molar-refractivity contribution >= 4 is 17.5 Å². The largest absolute Gasteiger partial charge is 0.335 e. The first-order valence-corrected chi connectivity index (χ1v) is 8.55. The maximum absolute atomic E-state index is 13.0. The second-order valence-electron chi connectivity index (χ2n) is 6.30. The molecule has 1 heterocycles. The van der Waals surface area contributed by atoms with Gasteiger partial charge in [0.25, 0.3) is 5.91 Å². The van der Waals surface area contributed by atoms with Crippen LogP contribution in [-0.2, 0) is 9.59 Å². The van der Waals surface area contributed by atoms with E-state index in [2.05, 4.69) is 16.0 Å². The highest BCUT2D eigenvalue weighted by Crippen LogP contribution is 2.20. The molecule has 1 atom stereocenters. The van der Waals surface area contributed by atoms with Gasteiger partial charge < -0.3 is 9.80 Å². The first-order valence-electron chi connectivity index (χ1n) is 8.55. The Morgan fingerprint density at radius 3 is 2.32 bits per heavy atom. The molecule has 1 aromatic rings. The number of nitriles is 1. The Kier molecular flexibility index (Phi) is 6.43. The Balaban J connectivity index is 2.28. The van der Waals surface area contributed by atoms with E-state index >= 15 is 0 Å². The summed E-state index contributed by atoms with van der Waals surface area (Å²) in [6.45, 7) is 6.49. The van der Waals surface area contributed by atoms with Crippen molar-refractivity contribution in [2.45, 2.75) is 26.2 Å². The molecular weight excluding hydrogens is 316 g/mol. The van der Waals surface area contributed by atoms with Gasteiger partial charge in [0.05, 0.1) is 11.6 Å². The van der Waals surface area contributed by atoms with Gasteiger partial charge in [-0.15, -0.1) is 0 Å². The van der Waals surface area contributed by atoms with Gasteiger partial charge in [-0.05, 0) is 24.7 Å². The molecule has 2 amide bonds. The van der Waals surface area contributed by atoms with Crippen LogP contribution < -0.4 is 0 Å². The van der Waals surface area contributed by atoms with Gasteiger partial charge in [-0.3, -0.25) is 9.59 Å². The van der Waals surface area contributed by atoms with E-state index in [4.69, 9.17) is 5.26 Å². The number of rotatable bonds is 4. The van der Waals surface area contributed by atoms with Crippen LogP contribution in [0.3, 0.4) is 0 Å². The number of amides is 2. The number of nitrogens with zero attached hydrogens (tertiary/aromatic N) is 4. The average molecular weight is 340 g/mol. The fourth-order valence-electron chi connectivity index (χ4n) is 2.72. The van der Waals surface area contributed by atoms with Gasteiger partial charge in [-0.25, -0.2) is 4.99 Å². The number of hydrogen-bond acceptors (Lipinski definition) is 4. The summed E-state index contributed by atoms with van der Waals surface area (Å²) in [5.74, 6) is -0.778. The maximum Gasteiger partial charge on any atom is 0.269 e. The van der Waals surface area contributed by atoms with Crippen molar-refractivity contribution < 1.29 is 9.59 Å². The third kappa shape index (κ3) is 4.74. The summed E-state index contributed by atoms with van der Waals surface area (Å²) < 4.78 is 0. The predicted molar refractivity (Wildman–Crippen MR) is 96.4 cm³/mol. The van der Waals surface area contributed by atoms with Crippen molar-refractivity contribution in [2.24, 2.45) is 4.99 Å². The summed E-state index contributed by atoms with van der Waals surface area (Å²) in [5.41, 5.74) is 1.70. The van der Waals surface area contributed by atoms with Gasteiger partial charge in [0.2, 0.25) is 5.91 Å². The van der Waals surface area contributed by atoms with E-state index in [0.29, 0.717) is 18.7 Å². The molecule has 6 nitrogen and oxygen atoms in total. The molecule has 1 unspecified atom stereocenters. The molecule has 1 aliphatic rings. The molecule has 0 radical (unpaired) electrons. The first kappa shape index (κ1) is 18.8. The molecule has 0 aliphatic carbocycles. The SMILES string of the molecule is CCC(=O)N=C(C(=O)N1CCN(C)CC1)C(C)c1ccc(C#N)cc1. The highest BCUT2D eigenvalue weighted by molar-refractivity contribution is 6.42. The molecule has 0 N–H and O–H groups in total. The van der Waals surface area contributed by atoms with E-state index in [1.54, 1.807) is 24.0 Å². The van der Waals surface area contributed by atoms with Crippen LogP contribution in [0.2, 0.25) is 0 Å². The molecule has 0 saturated carbocycles. The van der Waals surface area contributed by atoms with Crippen LogP contribution in [0, 0.1) is 11.3 Å². The molecule has 1 aromatic carbocycles. The van der Waals surface area contributed by atoms with Crippen molar-refractivity contribution in [3.8, 4) is 6.07 Å². The zero-order valence-electron chi connectivity index (χ0n) is 15.0. The first-order chi connectivity index (χ1) is 12.0. The molecule has 0 bridgehead atoms. The lowest BCUT2D eigenvalue weighted by Crippen LogP contribution is -2.50. The van der Waals surface area contributed by atoms with Crippen LogP contribution in [0.5, 0.6) is 0 Å². The summed E-state index contributed by atoms with van der Waals surface area (Å²) in [6, 6.07) is 9.13. The summed E-state index contributed by atoms with van der Waals surface area (Å²) in [4.78, 5) is 32.9. The highest BCUT2D eigenvalue weighted by atomic mass is 16.2. The molecular formula is C19H24N4O2. The summed E-state index contributed by atoms with van der Waals surface area (Å²) in [5, 5.41) is 8.92. The zero-order chi connectivity index (χ0) is 18.4. The Bertz CT molecular complexity index is 695. The number of likely N-dealkylation sites (N-methyl/N-ethyl adjacent to an activating group) is 1. The third-order valence-electron chi connectivity index (χ3n) is 4.51. The van der Waals surface area contributed by atoms with Crippen LogP contribution in [0.25, 0.3) is 0 Å². The zero-order valence-corrected chi connectivity index (χ0v) is 15.0. The number of benzene rings is 1. The van der Waals surface area contributed by atoms with Crippen molar-refractivity contribution in [1.82, 2.24) is 9.80 Å². The van der Waals surface area contributed by atoms with Gasteiger partial charge in [-0.2, -0.15) is 5.26 Å². The van der Waals surface area contributed by atoms with Crippen LogP contribution in [0.1, 0.15) is 37.3 Å². The van der Waals surface area contributed by atoms with E-state index in [-0.39, 0.29) is 29.9 Å². The lowest BCUT2D eigenvalue weighted by molar-refractivity contribution is -0.126. The Hall–Kier alpha value is -2.52. The minimum absolute atomic E-state index is 0.174. The van der Waals surface area contributed by atoms with Gasteiger partial charge in [0, 0.05) is 38.5 Å². The van der Waals surface area contributed by atoms with Gasteiger partial charge in [0.15, 0.2) is 0 Å². The lowest BCUT2D eigenvalue weighted by Gasteiger charge is -2.33. The summed E-state index contributed by atoms with van der Waals surface area (Å²) in [6.07, 6.45) is 0.264. The fourth-order valence-corrected chi connectivity index (χ4v) is 2.72. The third-order valence-corrected chi connectivity index (χ3v) is 4.51. The Morgan fingerprint density at radius 1 is 1.20 bits per heavy atom. The minimum Gasteiger partial charge on any atom is -0.335 e. The fraction of sp³-hybridized carbons (Fsp3) is 0.474. The molecule has 1 saturated heterocycles. The quantitative estimate of drug-likeness (QED) is 0.783. The second-order valence-corrected chi connectivity index (χ2v) is 6.30. The normalized spacial score (nSPS) is 17.0. The molecule has 132 valence electrons. The Labute approximate surface area is 148 Å². The molecule has 0 aromatic heterocycles. The van der Waals surface area contributed by atoms with Gasteiger partial charge in [0.1, 0.15) is 5.71 Å². The van der Waals surface area contributed by atoms with Crippen LogP contribution in [-0.4, -0.2) is 60.6 Å². The molecule has 1 fully saturated rings. The minimum atomic E-state index is -0.310. The number of hydrogen-bond donors (Lipinski definition) is 0. The topological polar surface area (TPSA) is 76.8 Å². The molecule has 0 spiro atoms.